The van der Waals surface area contributed by atoms with E-state index in [4.69, 9.17) is 23.2 Å². The Morgan fingerprint density at radius 2 is 1.79 bits per heavy atom. The average Bonchev–Trinajstić information content (AvgIpc) is 3.41. The van der Waals surface area contributed by atoms with E-state index in [1.54, 1.807) is 6.07 Å². The summed E-state index contributed by atoms with van der Waals surface area (Å²) in [5, 5.41) is 8.71. The van der Waals surface area contributed by atoms with Crippen LogP contribution in [-0.2, 0) is 0 Å². The fourth-order valence-electron chi connectivity index (χ4n) is 4.68. The van der Waals surface area contributed by atoms with Crippen LogP contribution in [0.4, 0.5) is 0 Å². The number of rotatable bonds is 3. The molecule has 1 unspecified atom stereocenters. The number of benzene rings is 2. The molecule has 0 radical (unpaired) electrons. The fraction of sp³-hybridized carbons (Fsp3) is 0.304. The van der Waals surface area contributed by atoms with Crippen LogP contribution < -0.4 is 0 Å². The number of hydrogen-bond acceptors (Lipinski definition) is 2. The molecule has 4 nitrogen and oxygen atoms in total. The first kappa shape index (κ1) is 18.7. The lowest BCUT2D eigenvalue weighted by Crippen LogP contribution is -2.37. The Bertz CT molecular complexity index is 1080. The molecule has 148 valence electrons. The van der Waals surface area contributed by atoms with Gasteiger partial charge in [0.25, 0.3) is 5.91 Å². The Balaban J connectivity index is 1.70. The fourth-order valence-corrected chi connectivity index (χ4v) is 5.20. The maximum absolute atomic E-state index is 13.4. The molecule has 6 heteroatoms. The summed E-state index contributed by atoms with van der Waals surface area (Å²) in [6.07, 6.45) is 4.33. The highest BCUT2D eigenvalue weighted by Gasteiger charge is 2.46. The molecular formula is C23H21Cl2N3O. The van der Waals surface area contributed by atoms with Crippen LogP contribution in [0.5, 0.6) is 0 Å². The predicted molar refractivity (Wildman–Crippen MR) is 115 cm³/mol. The van der Waals surface area contributed by atoms with E-state index in [-0.39, 0.29) is 18.0 Å². The van der Waals surface area contributed by atoms with Gasteiger partial charge in [0.1, 0.15) is 5.69 Å². The van der Waals surface area contributed by atoms with Gasteiger partial charge in [-0.15, -0.1) is 0 Å². The summed E-state index contributed by atoms with van der Waals surface area (Å²) in [5.41, 5.74) is 5.36. The Labute approximate surface area is 179 Å². The lowest BCUT2D eigenvalue weighted by Gasteiger charge is -2.32. The topological polar surface area (TPSA) is 49.0 Å². The van der Waals surface area contributed by atoms with Crippen molar-refractivity contribution < 1.29 is 4.79 Å². The van der Waals surface area contributed by atoms with Gasteiger partial charge in [0.05, 0.1) is 11.7 Å². The molecule has 1 fully saturated rings. The van der Waals surface area contributed by atoms with Gasteiger partial charge in [-0.3, -0.25) is 9.89 Å². The average molecular weight is 426 g/mol. The van der Waals surface area contributed by atoms with Gasteiger partial charge in [-0.25, -0.2) is 0 Å². The molecule has 1 saturated carbocycles. The van der Waals surface area contributed by atoms with Gasteiger partial charge in [-0.2, -0.15) is 5.10 Å². The van der Waals surface area contributed by atoms with E-state index < -0.39 is 0 Å². The highest BCUT2D eigenvalue weighted by atomic mass is 35.5. The normalized spacial score (nSPS) is 19.2. The summed E-state index contributed by atoms with van der Waals surface area (Å²) in [7, 11) is 0. The molecule has 5 rings (SSSR count). The molecule has 2 heterocycles. The van der Waals surface area contributed by atoms with Gasteiger partial charge in [0.2, 0.25) is 0 Å². The first-order valence-electron chi connectivity index (χ1n) is 9.97. The zero-order valence-electron chi connectivity index (χ0n) is 16.1. The second-order valence-corrected chi connectivity index (χ2v) is 8.79. The second-order valence-electron chi connectivity index (χ2n) is 7.95. The number of carbonyl (C=O) groups excluding carboxylic acids is 1. The van der Waals surface area contributed by atoms with Gasteiger partial charge in [-0.05, 0) is 37.5 Å². The SMILES string of the molecule is Cc1ccc(-c2n[nH]c3c2C(c2ccc(Cl)cc2Cl)N(C2CCCC2)C3=O)cc1. The quantitative estimate of drug-likeness (QED) is 0.544. The highest BCUT2D eigenvalue weighted by molar-refractivity contribution is 6.35. The van der Waals surface area contributed by atoms with Gasteiger partial charge in [-0.1, -0.05) is 71.9 Å². The van der Waals surface area contributed by atoms with Crippen LogP contribution in [0.2, 0.25) is 10.0 Å². The maximum Gasteiger partial charge on any atom is 0.273 e. The first-order chi connectivity index (χ1) is 14.0. The van der Waals surface area contributed by atoms with Crippen molar-refractivity contribution in [2.75, 3.05) is 0 Å². The molecule has 3 aromatic rings. The van der Waals surface area contributed by atoms with Gasteiger partial charge >= 0.3 is 0 Å². The Hall–Kier alpha value is -2.30. The molecule has 1 aliphatic carbocycles. The minimum absolute atomic E-state index is 0.00813. The predicted octanol–water partition coefficient (Wildman–Crippen LogP) is 6.18. The number of H-pyrrole nitrogens is 1. The summed E-state index contributed by atoms with van der Waals surface area (Å²) in [5.74, 6) is 0.00813. The van der Waals surface area contributed by atoms with Crippen molar-refractivity contribution in [3.8, 4) is 11.3 Å². The smallest absolute Gasteiger partial charge is 0.273 e. The summed E-state index contributed by atoms with van der Waals surface area (Å²) in [4.78, 5) is 15.4. The van der Waals surface area contributed by atoms with E-state index in [1.165, 1.54) is 5.56 Å². The molecular weight excluding hydrogens is 405 g/mol. The van der Waals surface area contributed by atoms with Gasteiger partial charge < -0.3 is 4.90 Å². The lowest BCUT2D eigenvalue weighted by molar-refractivity contribution is 0.0660. The standard InChI is InChI=1S/C23H21Cl2N3O/c1-13-6-8-14(9-7-13)20-19-21(27-26-20)23(29)28(16-4-2-3-5-16)22(19)17-11-10-15(24)12-18(17)25/h6-12,16,22H,2-5H2,1H3,(H,26,27). The van der Waals surface area contributed by atoms with Crippen LogP contribution in [0.25, 0.3) is 11.3 Å². The lowest BCUT2D eigenvalue weighted by atomic mass is 9.95. The van der Waals surface area contributed by atoms with Gasteiger partial charge in [0, 0.05) is 27.2 Å². The number of fused-ring (bicyclic) bond motifs is 1. The van der Waals surface area contributed by atoms with Crippen LogP contribution in [-0.4, -0.2) is 27.0 Å². The van der Waals surface area contributed by atoms with Crippen LogP contribution in [0.3, 0.4) is 0 Å². The van der Waals surface area contributed by atoms with Crippen molar-refractivity contribution in [2.45, 2.75) is 44.7 Å². The molecule has 1 atom stereocenters. The number of carbonyl (C=O) groups is 1. The molecule has 1 amide bonds. The molecule has 1 aromatic heterocycles. The van der Waals surface area contributed by atoms with Crippen LogP contribution in [0, 0.1) is 6.92 Å². The van der Waals surface area contributed by atoms with Crippen LogP contribution in [0.15, 0.2) is 42.5 Å². The Kier molecular flexibility index (Phi) is 4.64. The van der Waals surface area contributed by atoms with Crippen LogP contribution in [0.1, 0.15) is 58.9 Å². The summed E-state index contributed by atoms with van der Waals surface area (Å²) >= 11 is 12.8. The van der Waals surface area contributed by atoms with Crippen LogP contribution >= 0.6 is 23.2 Å². The number of amides is 1. The molecule has 1 N–H and O–H groups in total. The number of nitrogens with one attached hydrogen (secondary N) is 1. The van der Waals surface area contributed by atoms with Gasteiger partial charge in [0.15, 0.2) is 0 Å². The van der Waals surface area contributed by atoms with E-state index >= 15 is 0 Å². The summed E-state index contributed by atoms with van der Waals surface area (Å²) < 4.78 is 0. The number of aromatic amines is 1. The molecule has 0 saturated heterocycles. The summed E-state index contributed by atoms with van der Waals surface area (Å²) in [6.45, 7) is 2.06. The molecule has 29 heavy (non-hydrogen) atoms. The van der Waals surface area contributed by atoms with E-state index in [2.05, 4.69) is 41.4 Å². The number of halogens is 2. The summed E-state index contributed by atoms with van der Waals surface area (Å²) in [6, 6.07) is 13.7. The Morgan fingerprint density at radius 3 is 2.48 bits per heavy atom. The van der Waals surface area contributed by atoms with E-state index in [1.807, 2.05) is 17.0 Å². The number of nitrogens with zero attached hydrogens (tertiary/aromatic N) is 2. The van der Waals surface area contributed by atoms with E-state index in [0.717, 1.165) is 48.1 Å². The van der Waals surface area contributed by atoms with E-state index in [9.17, 15) is 4.79 Å². The largest absolute Gasteiger partial charge is 0.323 e. The molecule has 0 spiro atoms. The Morgan fingerprint density at radius 1 is 1.07 bits per heavy atom. The number of hydrogen-bond donors (Lipinski definition) is 1. The minimum Gasteiger partial charge on any atom is -0.323 e. The van der Waals surface area contributed by atoms with E-state index in [0.29, 0.717) is 15.7 Å². The molecule has 2 aliphatic rings. The zero-order chi connectivity index (χ0) is 20.1. The van der Waals surface area contributed by atoms with Crippen molar-refractivity contribution >= 4 is 29.1 Å². The molecule has 2 aromatic carbocycles. The van der Waals surface area contributed by atoms with Crippen molar-refractivity contribution in [2.24, 2.45) is 0 Å². The third kappa shape index (κ3) is 3.06. The van der Waals surface area contributed by atoms with Crippen molar-refractivity contribution in [3.05, 3.63) is 74.9 Å². The second kappa shape index (κ2) is 7.19. The third-order valence-electron chi connectivity index (χ3n) is 6.10. The minimum atomic E-state index is -0.264. The third-order valence-corrected chi connectivity index (χ3v) is 6.67. The number of aryl methyl sites for hydroxylation is 1. The molecule has 0 bridgehead atoms. The molecule has 1 aliphatic heterocycles. The van der Waals surface area contributed by atoms with Crippen molar-refractivity contribution in [1.82, 2.24) is 15.1 Å². The monoisotopic (exact) mass is 425 g/mol. The number of aromatic nitrogens is 2. The first-order valence-corrected chi connectivity index (χ1v) is 10.7. The highest BCUT2D eigenvalue weighted by Crippen LogP contribution is 2.47. The van der Waals surface area contributed by atoms with Crippen molar-refractivity contribution in [1.29, 1.82) is 0 Å². The van der Waals surface area contributed by atoms with Crippen molar-refractivity contribution in [3.63, 3.8) is 0 Å². The maximum atomic E-state index is 13.4. The zero-order valence-corrected chi connectivity index (χ0v) is 17.6.